The van der Waals surface area contributed by atoms with Crippen molar-refractivity contribution >= 4 is 23.5 Å². The molecule has 1 aliphatic carbocycles. The highest BCUT2D eigenvalue weighted by molar-refractivity contribution is 5.97. The first-order valence-electron chi connectivity index (χ1n) is 10.4. The summed E-state index contributed by atoms with van der Waals surface area (Å²) in [6, 6.07) is 8.31. The summed E-state index contributed by atoms with van der Waals surface area (Å²) in [5.74, 6) is -0.684. The van der Waals surface area contributed by atoms with Gasteiger partial charge in [-0.2, -0.15) is 0 Å². The molecule has 1 fully saturated rings. The fourth-order valence-corrected chi connectivity index (χ4v) is 3.52. The molecule has 1 aromatic rings. The molecular weight excluding hydrogens is 372 g/mol. The number of amides is 4. The van der Waals surface area contributed by atoms with E-state index in [1.165, 1.54) is 6.42 Å². The molecule has 4 amide bonds. The molecule has 29 heavy (non-hydrogen) atoms. The maximum atomic E-state index is 12.7. The highest BCUT2D eigenvalue weighted by Crippen LogP contribution is 2.17. The van der Waals surface area contributed by atoms with Crippen LogP contribution in [0.1, 0.15) is 64.2 Å². The van der Waals surface area contributed by atoms with E-state index in [2.05, 4.69) is 16.0 Å². The summed E-state index contributed by atoms with van der Waals surface area (Å²) < 4.78 is 0. The van der Waals surface area contributed by atoms with Crippen LogP contribution >= 0.6 is 0 Å². The van der Waals surface area contributed by atoms with Crippen molar-refractivity contribution in [3.63, 3.8) is 0 Å². The smallest absolute Gasteiger partial charge is 0.315 e. The van der Waals surface area contributed by atoms with Gasteiger partial charge in [-0.25, -0.2) is 10.3 Å². The minimum Gasteiger partial charge on any atom is -0.335 e. The Bertz CT molecular complexity index is 647. The zero-order valence-electron chi connectivity index (χ0n) is 16.8. The van der Waals surface area contributed by atoms with Gasteiger partial charge in [-0.05, 0) is 37.8 Å². The summed E-state index contributed by atoms with van der Waals surface area (Å²) in [6.45, 7) is 0. The van der Waals surface area contributed by atoms with Crippen molar-refractivity contribution in [1.82, 2.24) is 16.1 Å². The van der Waals surface area contributed by atoms with Crippen LogP contribution in [0.3, 0.4) is 0 Å². The van der Waals surface area contributed by atoms with E-state index in [1.54, 1.807) is 17.6 Å². The Morgan fingerprint density at radius 1 is 1.00 bits per heavy atom. The summed E-state index contributed by atoms with van der Waals surface area (Å²) in [4.78, 5) is 36.2. The van der Waals surface area contributed by atoms with E-state index >= 15 is 0 Å². The average Bonchev–Trinajstić information content (AvgIpc) is 2.73. The lowest BCUT2D eigenvalue weighted by Gasteiger charge is -2.25. The lowest BCUT2D eigenvalue weighted by atomic mass is 9.96. The van der Waals surface area contributed by atoms with Gasteiger partial charge in [0.15, 0.2) is 0 Å². The Morgan fingerprint density at radius 2 is 1.72 bits per heavy atom. The number of hydroxylamine groups is 1. The van der Waals surface area contributed by atoms with Crippen molar-refractivity contribution in [2.24, 2.45) is 0 Å². The SMILES string of the molecule is O=C(CCCCC[C@H](NC(=O)NC1CCCCC1)C(=O)Nc1ccccc1)NO. The molecule has 1 atom stereocenters. The number of para-hydroxylation sites is 1. The Hall–Kier alpha value is -2.61. The molecule has 1 saturated carbocycles. The number of benzene rings is 1. The van der Waals surface area contributed by atoms with E-state index in [4.69, 9.17) is 5.21 Å². The summed E-state index contributed by atoms with van der Waals surface area (Å²) in [5.41, 5.74) is 2.28. The third kappa shape index (κ3) is 8.95. The van der Waals surface area contributed by atoms with Crippen LogP contribution in [0.5, 0.6) is 0 Å². The van der Waals surface area contributed by atoms with Crippen LogP contribution in [-0.2, 0) is 9.59 Å². The van der Waals surface area contributed by atoms with Crippen molar-refractivity contribution < 1.29 is 19.6 Å². The van der Waals surface area contributed by atoms with Crippen LogP contribution in [0.2, 0.25) is 0 Å². The predicted octanol–water partition coefficient (Wildman–Crippen LogP) is 3.08. The molecule has 160 valence electrons. The van der Waals surface area contributed by atoms with Crippen molar-refractivity contribution in [3.05, 3.63) is 30.3 Å². The molecule has 0 unspecified atom stereocenters. The molecule has 5 N–H and O–H groups in total. The Balaban J connectivity index is 1.85. The number of hydrogen-bond donors (Lipinski definition) is 5. The molecule has 8 heteroatoms. The first-order chi connectivity index (χ1) is 14.1. The normalized spacial score (nSPS) is 15.2. The van der Waals surface area contributed by atoms with Gasteiger partial charge in [-0.15, -0.1) is 0 Å². The molecule has 8 nitrogen and oxygen atoms in total. The van der Waals surface area contributed by atoms with Gasteiger partial charge in [0.2, 0.25) is 11.8 Å². The van der Waals surface area contributed by atoms with E-state index in [-0.39, 0.29) is 24.4 Å². The fraction of sp³-hybridized carbons (Fsp3) is 0.571. The Labute approximate surface area is 171 Å². The molecule has 1 aliphatic rings. The summed E-state index contributed by atoms with van der Waals surface area (Å²) in [7, 11) is 0. The monoisotopic (exact) mass is 404 g/mol. The number of nitrogens with one attached hydrogen (secondary N) is 4. The lowest BCUT2D eigenvalue weighted by Crippen LogP contribution is -2.50. The van der Waals surface area contributed by atoms with E-state index in [0.29, 0.717) is 31.4 Å². The molecule has 0 heterocycles. The number of carbonyl (C=O) groups is 3. The molecule has 0 saturated heterocycles. The van der Waals surface area contributed by atoms with Gasteiger partial charge < -0.3 is 16.0 Å². The Kier molecular flexibility index (Phi) is 9.99. The first kappa shape index (κ1) is 22.7. The number of anilines is 1. The van der Waals surface area contributed by atoms with Gasteiger partial charge in [-0.3, -0.25) is 14.8 Å². The molecule has 0 aliphatic heterocycles. The van der Waals surface area contributed by atoms with Gasteiger partial charge in [0.25, 0.3) is 0 Å². The van der Waals surface area contributed by atoms with E-state index in [9.17, 15) is 14.4 Å². The van der Waals surface area contributed by atoms with Gasteiger partial charge in [0.1, 0.15) is 6.04 Å². The standard InChI is InChI=1S/C21H32N4O4/c26-19(25-29)15-9-3-8-14-18(20(27)22-16-10-4-1-5-11-16)24-21(28)23-17-12-6-2-7-13-17/h1,4-5,10-11,17-18,29H,2-3,6-9,12-15H2,(H,22,27)(H,25,26)(H2,23,24,28)/t18-/m0/s1. The number of unbranched alkanes of at least 4 members (excludes halogenated alkanes) is 2. The van der Waals surface area contributed by atoms with Crippen molar-refractivity contribution in [2.75, 3.05) is 5.32 Å². The summed E-state index contributed by atoms with van der Waals surface area (Å²) in [5, 5.41) is 17.2. The second-order valence-corrected chi connectivity index (χ2v) is 7.49. The van der Waals surface area contributed by atoms with Crippen molar-refractivity contribution in [2.45, 2.75) is 76.3 Å². The van der Waals surface area contributed by atoms with Gasteiger partial charge in [-0.1, -0.05) is 50.3 Å². The molecule has 2 rings (SSSR count). The van der Waals surface area contributed by atoms with Crippen LogP contribution < -0.4 is 21.4 Å². The van der Waals surface area contributed by atoms with Gasteiger partial charge in [0.05, 0.1) is 0 Å². The minimum absolute atomic E-state index is 0.165. The topological polar surface area (TPSA) is 120 Å². The van der Waals surface area contributed by atoms with Crippen LogP contribution in [0, 0.1) is 0 Å². The number of rotatable bonds is 10. The minimum atomic E-state index is -0.662. The first-order valence-corrected chi connectivity index (χ1v) is 10.4. The van der Waals surface area contributed by atoms with E-state index in [1.807, 2.05) is 18.2 Å². The number of hydrogen-bond acceptors (Lipinski definition) is 4. The zero-order valence-corrected chi connectivity index (χ0v) is 16.8. The highest BCUT2D eigenvalue weighted by atomic mass is 16.5. The largest absolute Gasteiger partial charge is 0.335 e. The maximum Gasteiger partial charge on any atom is 0.315 e. The third-order valence-electron chi connectivity index (χ3n) is 5.12. The second kappa shape index (κ2) is 12.8. The molecule has 0 spiro atoms. The third-order valence-corrected chi connectivity index (χ3v) is 5.12. The van der Waals surface area contributed by atoms with Gasteiger partial charge >= 0.3 is 6.03 Å². The zero-order chi connectivity index (χ0) is 20.9. The van der Waals surface area contributed by atoms with E-state index < -0.39 is 11.9 Å². The van der Waals surface area contributed by atoms with Crippen LogP contribution in [-0.4, -0.2) is 35.1 Å². The van der Waals surface area contributed by atoms with Crippen LogP contribution in [0.4, 0.5) is 10.5 Å². The lowest BCUT2D eigenvalue weighted by molar-refractivity contribution is -0.129. The molecule has 0 aromatic heterocycles. The summed E-state index contributed by atoms with van der Waals surface area (Å²) >= 11 is 0. The van der Waals surface area contributed by atoms with Crippen molar-refractivity contribution in [1.29, 1.82) is 0 Å². The number of urea groups is 1. The number of carbonyl (C=O) groups excluding carboxylic acids is 3. The molecular formula is C21H32N4O4. The summed E-state index contributed by atoms with van der Waals surface area (Å²) in [6.07, 6.45) is 8.08. The fourth-order valence-electron chi connectivity index (χ4n) is 3.52. The molecule has 1 aromatic carbocycles. The van der Waals surface area contributed by atoms with Crippen LogP contribution in [0.15, 0.2) is 30.3 Å². The molecule has 0 radical (unpaired) electrons. The average molecular weight is 405 g/mol. The van der Waals surface area contributed by atoms with Crippen molar-refractivity contribution in [3.8, 4) is 0 Å². The Morgan fingerprint density at radius 3 is 2.41 bits per heavy atom. The predicted molar refractivity (Wildman–Crippen MR) is 110 cm³/mol. The van der Waals surface area contributed by atoms with Crippen LogP contribution in [0.25, 0.3) is 0 Å². The van der Waals surface area contributed by atoms with E-state index in [0.717, 1.165) is 25.7 Å². The van der Waals surface area contributed by atoms with Gasteiger partial charge in [0, 0.05) is 18.2 Å². The highest BCUT2D eigenvalue weighted by Gasteiger charge is 2.22. The molecule has 0 bridgehead atoms. The maximum absolute atomic E-state index is 12.7. The quantitative estimate of drug-likeness (QED) is 0.234. The second-order valence-electron chi connectivity index (χ2n) is 7.49.